The monoisotopic (exact) mass is 359 g/mol. The smallest absolute Gasteiger partial charge is 0.167 e. The van der Waals surface area contributed by atoms with E-state index in [0.29, 0.717) is 18.0 Å². The predicted octanol–water partition coefficient (Wildman–Crippen LogP) is 2.88. The second kappa shape index (κ2) is 6.21. The fourth-order valence-electron chi connectivity index (χ4n) is 2.80. The van der Waals surface area contributed by atoms with E-state index in [9.17, 15) is 5.11 Å². The number of hydrogen-bond donors (Lipinski definition) is 2. The molecule has 2 unspecified atom stereocenters. The van der Waals surface area contributed by atoms with Gasteiger partial charge in [-0.3, -0.25) is 0 Å². The average Bonchev–Trinajstić information content (AvgIpc) is 3.10. The van der Waals surface area contributed by atoms with E-state index in [1.807, 2.05) is 35.5 Å². The van der Waals surface area contributed by atoms with Gasteiger partial charge in [0.05, 0.1) is 17.8 Å². The SMILES string of the molecule is CSC1N=CNN1CC(O)(Cc1ccccc1Cl)C1(Cl)CC1. The molecule has 3 rings (SSSR count). The summed E-state index contributed by atoms with van der Waals surface area (Å²) >= 11 is 14.5. The van der Waals surface area contributed by atoms with E-state index in [1.165, 1.54) is 0 Å². The first-order valence-electron chi connectivity index (χ1n) is 7.19. The summed E-state index contributed by atoms with van der Waals surface area (Å²) in [5.74, 6) is 0. The van der Waals surface area contributed by atoms with Crippen LogP contribution in [0.4, 0.5) is 0 Å². The summed E-state index contributed by atoms with van der Waals surface area (Å²) in [5.41, 5.74) is 2.89. The van der Waals surface area contributed by atoms with Crippen molar-refractivity contribution in [3.8, 4) is 0 Å². The van der Waals surface area contributed by atoms with Gasteiger partial charge < -0.3 is 10.5 Å². The topological polar surface area (TPSA) is 47.9 Å². The lowest BCUT2D eigenvalue weighted by Crippen LogP contribution is -2.55. The van der Waals surface area contributed by atoms with E-state index in [1.54, 1.807) is 18.1 Å². The number of rotatable bonds is 6. The van der Waals surface area contributed by atoms with Crippen molar-refractivity contribution in [2.75, 3.05) is 12.8 Å². The first kappa shape index (κ1) is 16.4. The van der Waals surface area contributed by atoms with Gasteiger partial charge in [-0.1, -0.05) is 29.8 Å². The predicted molar refractivity (Wildman–Crippen MR) is 93.6 cm³/mol. The summed E-state index contributed by atoms with van der Waals surface area (Å²) < 4.78 is 0. The van der Waals surface area contributed by atoms with Crippen molar-refractivity contribution in [2.24, 2.45) is 4.99 Å². The van der Waals surface area contributed by atoms with Crippen molar-refractivity contribution < 1.29 is 5.11 Å². The highest BCUT2D eigenvalue weighted by Crippen LogP contribution is 2.53. The molecule has 120 valence electrons. The van der Waals surface area contributed by atoms with Gasteiger partial charge >= 0.3 is 0 Å². The Morgan fingerprint density at radius 1 is 1.50 bits per heavy atom. The molecular formula is C15H19Cl2N3OS. The number of nitrogens with zero attached hydrogens (tertiary/aromatic N) is 2. The molecule has 0 amide bonds. The Bertz CT molecular complexity index is 582. The normalized spacial score (nSPS) is 25.7. The molecule has 7 heteroatoms. The van der Waals surface area contributed by atoms with E-state index in [4.69, 9.17) is 23.2 Å². The first-order chi connectivity index (χ1) is 10.5. The third-order valence-corrected chi connectivity index (χ3v) is 6.19. The average molecular weight is 360 g/mol. The minimum absolute atomic E-state index is 0.0446. The van der Waals surface area contributed by atoms with Gasteiger partial charge in [-0.25, -0.2) is 4.99 Å². The zero-order valence-electron chi connectivity index (χ0n) is 12.3. The maximum Gasteiger partial charge on any atom is 0.167 e. The lowest BCUT2D eigenvalue weighted by Gasteiger charge is -2.37. The molecule has 1 aromatic rings. The first-order valence-corrected chi connectivity index (χ1v) is 9.24. The second-order valence-electron chi connectivity index (χ2n) is 5.86. The van der Waals surface area contributed by atoms with Gasteiger partial charge in [0.1, 0.15) is 5.60 Å². The number of halogens is 2. The van der Waals surface area contributed by atoms with Crippen molar-refractivity contribution in [1.82, 2.24) is 10.4 Å². The summed E-state index contributed by atoms with van der Waals surface area (Å²) in [6.07, 6.45) is 5.70. The van der Waals surface area contributed by atoms with Crippen LogP contribution in [0.2, 0.25) is 5.02 Å². The molecule has 2 aliphatic rings. The molecule has 0 radical (unpaired) electrons. The fraction of sp³-hybridized carbons (Fsp3) is 0.533. The minimum Gasteiger partial charge on any atom is -0.386 e. The van der Waals surface area contributed by atoms with Crippen LogP contribution in [0.15, 0.2) is 29.3 Å². The van der Waals surface area contributed by atoms with Crippen molar-refractivity contribution in [2.45, 2.75) is 35.2 Å². The van der Waals surface area contributed by atoms with Crippen LogP contribution < -0.4 is 5.43 Å². The molecule has 1 aromatic carbocycles. The highest BCUT2D eigenvalue weighted by Gasteiger charge is 2.58. The summed E-state index contributed by atoms with van der Waals surface area (Å²) in [6.45, 7) is 0.396. The summed E-state index contributed by atoms with van der Waals surface area (Å²) in [6, 6.07) is 7.60. The lowest BCUT2D eigenvalue weighted by molar-refractivity contribution is -0.0135. The van der Waals surface area contributed by atoms with Crippen LogP contribution in [0, 0.1) is 0 Å². The summed E-state index contributed by atoms with van der Waals surface area (Å²) in [4.78, 5) is 3.74. The number of nitrogens with one attached hydrogen (secondary N) is 1. The number of hydrazine groups is 1. The highest BCUT2D eigenvalue weighted by molar-refractivity contribution is 7.99. The van der Waals surface area contributed by atoms with Gasteiger partial charge in [-0.2, -0.15) is 5.01 Å². The van der Waals surface area contributed by atoms with Crippen molar-refractivity contribution >= 4 is 41.3 Å². The minimum atomic E-state index is -1.06. The maximum atomic E-state index is 11.3. The van der Waals surface area contributed by atoms with Crippen LogP contribution in [0.1, 0.15) is 18.4 Å². The molecule has 1 fully saturated rings. The quantitative estimate of drug-likeness (QED) is 0.766. The summed E-state index contributed by atoms with van der Waals surface area (Å²) in [7, 11) is 0. The molecule has 2 N–H and O–H groups in total. The van der Waals surface area contributed by atoms with Crippen LogP contribution in [-0.4, -0.2) is 45.2 Å². The van der Waals surface area contributed by atoms with Crippen LogP contribution in [0.3, 0.4) is 0 Å². The van der Waals surface area contributed by atoms with Crippen LogP contribution in [0.25, 0.3) is 0 Å². The Morgan fingerprint density at radius 2 is 2.23 bits per heavy atom. The number of aliphatic imine (C=N–C) groups is 1. The molecule has 1 aliphatic carbocycles. The maximum absolute atomic E-state index is 11.3. The number of thioether (sulfide) groups is 1. The largest absolute Gasteiger partial charge is 0.386 e. The van der Waals surface area contributed by atoms with E-state index < -0.39 is 10.5 Å². The Kier molecular flexibility index (Phi) is 4.63. The van der Waals surface area contributed by atoms with Crippen molar-refractivity contribution in [1.29, 1.82) is 0 Å². The molecule has 0 aromatic heterocycles. The third-order valence-electron chi connectivity index (χ3n) is 4.30. The molecule has 4 nitrogen and oxygen atoms in total. The molecule has 1 heterocycles. The van der Waals surface area contributed by atoms with Crippen molar-refractivity contribution in [3.63, 3.8) is 0 Å². The zero-order chi connectivity index (χ0) is 15.8. The number of β-amino-alcohol motifs (C(OH)–C–C–N with tert-alkyl or cyclic N) is 1. The van der Waals surface area contributed by atoms with Crippen LogP contribution in [0.5, 0.6) is 0 Å². The van der Waals surface area contributed by atoms with Gasteiger partial charge in [-0.05, 0) is 30.7 Å². The number of aliphatic hydroxyl groups is 1. The standard InChI is InChI=1S/C15H19Cl2N3OS/c1-22-13-18-10-19-20(13)9-15(21,14(17)6-7-14)8-11-4-2-3-5-12(11)16/h2-5,10,13,21H,6-9H2,1H3,(H,18,19). The molecule has 22 heavy (non-hydrogen) atoms. The second-order valence-corrected chi connectivity index (χ2v) is 7.89. The molecule has 2 atom stereocenters. The van der Waals surface area contributed by atoms with E-state index in [0.717, 1.165) is 18.4 Å². The zero-order valence-corrected chi connectivity index (χ0v) is 14.6. The molecule has 0 saturated heterocycles. The fourth-order valence-corrected chi connectivity index (χ4v) is 3.79. The molecule has 0 bridgehead atoms. The highest BCUT2D eigenvalue weighted by atomic mass is 35.5. The Labute approximate surface area is 144 Å². The number of alkyl halides is 1. The third kappa shape index (κ3) is 3.10. The Balaban J connectivity index is 1.81. The Morgan fingerprint density at radius 3 is 2.86 bits per heavy atom. The number of benzene rings is 1. The lowest BCUT2D eigenvalue weighted by atomic mass is 9.88. The molecule has 1 aliphatic heterocycles. The van der Waals surface area contributed by atoms with Gasteiger partial charge in [0.15, 0.2) is 5.50 Å². The van der Waals surface area contributed by atoms with E-state index >= 15 is 0 Å². The van der Waals surface area contributed by atoms with Crippen molar-refractivity contribution in [3.05, 3.63) is 34.9 Å². The number of hydrogen-bond acceptors (Lipinski definition) is 5. The van der Waals surface area contributed by atoms with Gasteiger partial charge in [0.25, 0.3) is 0 Å². The van der Waals surface area contributed by atoms with Gasteiger partial charge in [0.2, 0.25) is 0 Å². The van der Waals surface area contributed by atoms with Gasteiger partial charge in [0, 0.05) is 11.4 Å². The van der Waals surface area contributed by atoms with Crippen LogP contribution >= 0.6 is 35.0 Å². The van der Waals surface area contributed by atoms with Crippen LogP contribution in [-0.2, 0) is 6.42 Å². The van der Waals surface area contributed by atoms with E-state index in [2.05, 4.69) is 10.4 Å². The molecule has 0 spiro atoms. The molecular weight excluding hydrogens is 341 g/mol. The molecule has 1 saturated carbocycles. The summed E-state index contributed by atoms with van der Waals surface area (Å²) in [5, 5.41) is 13.9. The van der Waals surface area contributed by atoms with E-state index in [-0.39, 0.29) is 5.50 Å². The van der Waals surface area contributed by atoms with Gasteiger partial charge in [-0.15, -0.1) is 23.4 Å². The Hall–Kier alpha value is -0.460.